The number of hydrogen-bond donors (Lipinski definition) is 0. The molecule has 0 aromatic carbocycles. The molecule has 0 fully saturated rings. The van der Waals surface area contributed by atoms with Crippen molar-refractivity contribution in [2.24, 2.45) is 0 Å². The molecule has 0 bridgehead atoms. The van der Waals surface area contributed by atoms with Crippen LogP contribution in [0.15, 0.2) is 0 Å². The first kappa shape index (κ1) is 44.0. The Morgan fingerprint density at radius 3 is 0.477 bits per heavy atom. The minimum absolute atomic E-state index is 1.37. The second-order valence-corrected chi connectivity index (χ2v) is 14.9. The van der Waals surface area contributed by atoms with Crippen molar-refractivity contribution in [1.82, 2.24) is 0 Å². The maximum atomic E-state index is 2.60. The molecule has 0 N–H and O–H groups in total. The molecule has 0 amide bonds. The molecule has 1 radical (unpaired) electrons. The lowest BCUT2D eigenvalue weighted by Gasteiger charge is -2.05. The summed E-state index contributed by atoms with van der Waals surface area (Å²) in [4.78, 5) is 0. The standard InChI is InChI=1S/C44H89/c1-3-5-7-9-11-13-15-17-19-21-23-25-27-29-31-33-35-37-39-41-43-44-42-40-38-36-34-32-30-28-26-24-22-20-18-16-14-12-10-8-6-4-2/h33H,3-32,34-44H2,1-2H3. The summed E-state index contributed by atoms with van der Waals surface area (Å²) in [7, 11) is 0. The Kier molecular flexibility index (Phi) is 43.0. The fourth-order valence-electron chi connectivity index (χ4n) is 7.06. The zero-order chi connectivity index (χ0) is 31.7. The van der Waals surface area contributed by atoms with Gasteiger partial charge in [-0.05, 0) is 6.42 Å². The van der Waals surface area contributed by atoms with Gasteiger partial charge in [0.1, 0.15) is 0 Å². The lowest BCUT2D eigenvalue weighted by Crippen LogP contribution is -1.85. The van der Waals surface area contributed by atoms with Crippen molar-refractivity contribution in [3.8, 4) is 0 Å². The van der Waals surface area contributed by atoms with Gasteiger partial charge in [0.25, 0.3) is 0 Å². The second-order valence-electron chi connectivity index (χ2n) is 14.9. The number of hydrogen-bond acceptors (Lipinski definition) is 0. The molecule has 0 heterocycles. The van der Waals surface area contributed by atoms with E-state index in [0.29, 0.717) is 0 Å². The third kappa shape index (κ3) is 42.0. The maximum absolute atomic E-state index is 2.60. The third-order valence-corrected chi connectivity index (χ3v) is 10.3. The Hall–Kier alpha value is 0. The summed E-state index contributed by atoms with van der Waals surface area (Å²) in [6.45, 7) is 4.62. The highest BCUT2D eigenvalue weighted by atomic mass is 14.0. The van der Waals surface area contributed by atoms with Gasteiger partial charge in [-0.15, -0.1) is 0 Å². The molecule has 0 nitrogen and oxygen atoms in total. The van der Waals surface area contributed by atoms with Crippen molar-refractivity contribution in [3.05, 3.63) is 6.42 Å². The fraction of sp³-hybridized carbons (Fsp3) is 0.977. The molecule has 265 valence electrons. The second kappa shape index (κ2) is 43.0. The molecular weight excluding hydrogens is 528 g/mol. The molecule has 0 aromatic rings. The van der Waals surface area contributed by atoms with E-state index in [1.807, 2.05) is 0 Å². The third-order valence-electron chi connectivity index (χ3n) is 10.3. The van der Waals surface area contributed by atoms with E-state index in [2.05, 4.69) is 20.3 Å². The molecule has 0 heteroatoms. The van der Waals surface area contributed by atoms with Crippen LogP contribution in [-0.4, -0.2) is 0 Å². The van der Waals surface area contributed by atoms with E-state index >= 15 is 0 Å². The van der Waals surface area contributed by atoms with Gasteiger partial charge in [0.05, 0.1) is 0 Å². The average molecular weight is 618 g/mol. The zero-order valence-corrected chi connectivity index (χ0v) is 31.6. The molecule has 0 saturated heterocycles. The van der Waals surface area contributed by atoms with Gasteiger partial charge in [0, 0.05) is 0 Å². The van der Waals surface area contributed by atoms with Crippen LogP contribution in [0.2, 0.25) is 0 Å². The summed E-state index contributed by atoms with van der Waals surface area (Å²) in [5.74, 6) is 0. The van der Waals surface area contributed by atoms with Gasteiger partial charge in [0.15, 0.2) is 0 Å². The molecule has 0 atom stereocenters. The Bertz CT molecular complexity index is 411. The van der Waals surface area contributed by atoms with E-state index in [4.69, 9.17) is 0 Å². The Morgan fingerprint density at radius 2 is 0.318 bits per heavy atom. The van der Waals surface area contributed by atoms with Gasteiger partial charge in [-0.25, -0.2) is 0 Å². The first-order valence-corrected chi connectivity index (χ1v) is 21.7. The summed E-state index contributed by atoms with van der Waals surface area (Å²) >= 11 is 0. The van der Waals surface area contributed by atoms with Gasteiger partial charge in [-0.3, -0.25) is 0 Å². The minimum atomic E-state index is 1.37. The summed E-state index contributed by atoms with van der Waals surface area (Å²) < 4.78 is 0. The molecule has 0 rings (SSSR count). The van der Waals surface area contributed by atoms with E-state index in [9.17, 15) is 0 Å². The van der Waals surface area contributed by atoms with Crippen LogP contribution in [-0.2, 0) is 0 Å². The maximum Gasteiger partial charge on any atom is -0.0386 e. The summed E-state index contributed by atoms with van der Waals surface area (Å²) in [6, 6.07) is 0. The van der Waals surface area contributed by atoms with E-state index < -0.39 is 0 Å². The van der Waals surface area contributed by atoms with Crippen molar-refractivity contribution in [2.45, 2.75) is 277 Å². The molecule has 0 aliphatic rings. The highest BCUT2D eigenvalue weighted by Crippen LogP contribution is 2.17. The molecular formula is C44H89. The van der Waals surface area contributed by atoms with Crippen molar-refractivity contribution in [3.63, 3.8) is 0 Å². The minimum Gasteiger partial charge on any atom is -0.0654 e. The van der Waals surface area contributed by atoms with E-state index in [0.717, 1.165) is 0 Å². The van der Waals surface area contributed by atoms with Gasteiger partial charge < -0.3 is 0 Å². The van der Waals surface area contributed by atoms with Crippen molar-refractivity contribution in [2.75, 3.05) is 0 Å². The number of unbranched alkanes of at least 4 members (excludes halogenated alkanes) is 41. The molecule has 0 saturated carbocycles. The van der Waals surface area contributed by atoms with Crippen LogP contribution < -0.4 is 0 Å². The predicted molar refractivity (Wildman–Crippen MR) is 205 cm³/mol. The smallest absolute Gasteiger partial charge is 0.0386 e. The van der Waals surface area contributed by atoms with Crippen LogP contribution in [0, 0.1) is 6.42 Å². The number of rotatable bonds is 41. The Labute approximate surface area is 282 Å². The van der Waals surface area contributed by atoms with E-state index in [1.54, 1.807) is 0 Å². The van der Waals surface area contributed by atoms with Crippen molar-refractivity contribution < 1.29 is 0 Å². The summed E-state index contributed by atoms with van der Waals surface area (Å²) in [6.07, 6.45) is 62.9. The summed E-state index contributed by atoms with van der Waals surface area (Å²) in [5, 5.41) is 0. The van der Waals surface area contributed by atoms with E-state index in [-0.39, 0.29) is 0 Å². The lowest BCUT2D eigenvalue weighted by molar-refractivity contribution is 0.515. The molecule has 0 aliphatic heterocycles. The van der Waals surface area contributed by atoms with Crippen LogP contribution in [0.5, 0.6) is 0 Å². The van der Waals surface area contributed by atoms with Crippen LogP contribution >= 0.6 is 0 Å². The normalized spacial score (nSPS) is 11.6. The van der Waals surface area contributed by atoms with Crippen LogP contribution in [0.4, 0.5) is 0 Å². The average Bonchev–Trinajstić information content (AvgIpc) is 3.04. The predicted octanol–water partition coefficient (Wildman–Crippen LogP) is 17.2. The molecule has 44 heavy (non-hydrogen) atoms. The molecule has 0 unspecified atom stereocenters. The van der Waals surface area contributed by atoms with Crippen LogP contribution in [0.1, 0.15) is 277 Å². The highest BCUT2D eigenvalue weighted by Gasteiger charge is 1.98. The zero-order valence-electron chi connectivity index (χ0n) is 31.6. The topological polar surface area (TPSA) is 0 Å². The van der Waals surface area contributed by atoms with Crippen LogP contribution in [0.3, 0.4) is 0 Å². The van der Waals surface area contributed by atoms with Crippen molar-refractivity contribution >= 4 is 0 Å². The molecule has 0 aromatic heterocycles. The van der Waals surface area contributed by atoms with Gasteiger partial charge in [-0.2, -0.15) is 0 Å². The SMILES string of the molecule is CCCCCCCCCCCCCCCC[CH]CCCCCCCCCCCCCCCCCCCCCCCCCCC. The molecule has 0 spiro atoms. The monoisotopic (exact) mass is 618 g/mol. The highest BCUT2D eigenvalue weighted by molar-refractivity contribution is 4.65. The Morgan fingerprint density at radius 1 is 0.182 bits per heavy atom. The quantitative estimate of drug-likeness (QED) is 0.0599. The van der Waals surface area contributed by atoms with Crippen LogP contribution in [0.25, 0.3) is 0 Å². The summed E-state index contributed by atoms with van der Waals surface area (Å²) in [5.41, 5.74) is 0. The Balaban J connectivity index is 3.03. The first-order chi connectivity index (χ1) is 21.9. The van der Waals surface area contributed by atoms with Gasteiger partial charge in [0.2, 0.25) is 0 Å². The largest absolute Gasteiger partial charge is 0.0654 e. The van der Waals surface area contributed by atoms with Gasteiger partial charge in [-0.1, -0.05) is 277 Å². The fourth-order valence-corrected chi connectivity index (χ4v) is 7.06. The first-order valence-electron chi connectivity index (χ1n) is 21.7. The van der Waals surface area contributed by atoms with E-state index in [1.165, 1.54) is 263 Å². The van der Waals surface area contributed by atoms with Crippen molar-refractivity contribution in [1.29, 1.82) is 0 Å². The lowest BCUT2D eigenvalue weighted by atomic mass is 10.0. The molecule has 0 aliphatic carbocycles. The van der Waals surface area contributed by atoms with Gasteiger partial charge >= 0.3 is 0 Å².